The molecule has 3 N–H and O–H groups in total. The van der Waals surface area contributed by atoms with Crippen LogP contribution in [-0.2, 0) is 16.1 Å². The number of halogens is 1. The van der Waals surface area contributed by atoms with Crippen molar-refractivity contribution in [3.63, 3.8) is 0 Å². The van der Waals surface area contributed by atoms with Crippen LogP contribution in [0.2, 0.25) is 0 Å². The first kappa shape index (κ1) is 10.8. The van der Waals surface area contributed by atoms with Crippen molar-refractivity contribution in [3.8, 4) is 5.75 Å². The molecular weight excluding hydrogens is 217 g/mol. The lowest BCUT2D eigenvalue weighted by molar-refractivity contribution is -0.138. The van der Waals surface area contributed by atoms with Gasteiger partial charge in [-0.15, -0.1) is 0 Å². The lowest BCUT2D eigenvalue weighted by Crippen LogP contribution is -2.24. The Balaban J connectivity index is 2.50. The zero-order valence-corrected chi connectivity index (χ0v) is 8.27. The zero-order valence-electron chi connectivity index (χ0n) is 8.27. The van der Waals surface area contributed by atoms with Crippen molar-refractivity contribution in [2.45, 2.75) is 12.6 Å². The Labute approximate surface area is 90.6 Å². The minimum absolute atomic E-state index is 0.0320. The summed E-state index contributed by atoms with van der Waals surface area (Å²) in [5.41, 5.74) is 5.93. The monoisotopic (exact) mass is 227 g/mol. The van der Waals surface area contributed by atoms with E-state index in [1.807, 2.05) is 0 Å². The van der Waals surface area contributed by atoms with Crippen molar-refractivity contribution in [2.75, 3.05) is 6.79 Å². The predicted octanol–water partition coefficient (Wildman–Crippen LogP) is 0.777. The Hall–Kier alpha value is -1.66. The summed E-state index contributed by atoms with van der Waals surface area (Å²) in [6, 6.07) is 1.25. The van der Waals surface area contributed by atoms with Gasteiger partial charge in [0.05, 0.1) is 12.2 Å². The van der Waals surface area contributed by atoms with Crippen molar-refractivity contribution in [1.82, 2.24) is 0 Å². The molecule has 0 bridgehead atoms. The summed E-state index contributed by atoms with van der Waals surface area (Å²) in [5.74, 6) is -1.50. The minimum Gasteiger partial charge on any atom is -0.480 e. The quantitative estimate of drug-likeness (QED) is 0.780. The van der Waals surface area contributed by atoms with E-state index in [4.69, 9.17) is 20.3 Å². The van der Waals surface area contributed by atoms with E-state index in [2.05, 4.69) is 0 Å². The van der Waals surface area contributed by atoms with Crippen LogP contribution in [0.25, 0.3) is 0 Å². The molecule has 2 rings (SSSR count). The predicted molar refractivity (Wildman–Crippen MR) is 51.2 cm³/mol. The molecule has 1 aromatic rings. The Morgan fingerprint density at radius 2 is 2.31 bits per heavy atom. The fraction of sp³-hybridized carbons (Fsp3) is 0.300. The molecule has 16 heavy (non-hydrogen) atoms. The molecule has 1 aliphatic rings. The first-order valence-electron chi connectivity index (χ1n) is 4.61. The van der Waals surface area contributed by atoms with Gasteiger partial charge in [0.25, 0.3) is 0 Å². The minimum atomic E-state index is -1.23. The maximum Gasteiger partial charge on any atom is 0.325 e. The van der Waals surface area contributed by atoms with Crippen molar-refractivity contribution >= 4 is 5.97 Å². The van der Waals surface area contributed by atoms with Crippen LogP contribution in [0.5, 0.6) is 5.75 Å². The molecule has 86 valence electrons. The number of carbonyl (C=O) groups is 1. The van der Waals surface area contributed by atoms with Gasteiger partial charge in [0, 0.05) is 5.56 Å². The fourth-order valence-electron chi connectivity index (χ4n) is 1.55. The molecule has 0 aromatic heterocycles. The second-order valence-corrected chi connectivity index (χ2v) is 3.37. The molecule has 1 aromatic carbocycles. The average molecular weight is 227 g/mol. The first-order valence-corrected chi connectivity index (χ1v) is 4.61. The second-order valence-electron chi connectivity index (χ2n) is 3.37. The zero-order chi connectivity index (χ0) is 11.7. The molecule has 0 saturated carbocycles. The molecule has 0 aliphatic carbocycles. The molecule has 1 unspecified atom stereocenters. The van der Waals surface area contributed by atoms with E-state index in [9.17, 15) is 9.18 Å². The lowest BCUT2D eigenvalue weighted by atomic mass is 10.0. The molecule has 6 heteroatoms. The van der Waals surface area contributed by atoms with E-state index in [-0.39, 0.29) is 30.3 Å². The normalized spacial score (nSPS) is 16.1. The highest BCUT2D eigenvalue weighted by Crippen LogP contribution is 2.33. The van der Waals surface area contributed by atoms with Crippen LogP contribution in [0.15, 0.2) is 12.1 Å². The number of nitrogens with two attached hydrogens (primary N) is 1. The summed E-state index contributed by atoms with van der Waals surface area (Å²) in [6.07, 6.45) is 0. The van der Waals surface area contributed by atoms with E-state index < -0.39 is 17.8 Å². The van der Waals surface area contributed by atoms with Crippen LogP contribution in [0.4, 0.5) is 4.39 Å². The highest BCUT2D eigenvalue weighted by atomic mass is 19.1. The number of benzene rings is 1. The highest BCUT2D eigenvalue weighted by molar-refractivity contribution is 5.76. The highest BCUT2D eigenvalue weighted by Gasteiger charge is 2.25. The molecule has 0 spiro atoms. The standard InChI is InChI=1S/C10H10FNO4/c11-7-2-1-5(8(12)10(13)14)9-6(7)3-15-4-16-9/h1-2,8H,3-4,12H2,(H,13,14). The third-order valence-electron chi connectivity index (χ3n) is 2.37. The number of rotatable bonds is 2. The van der Waals surface area contributed by atoms with E-state index in [0.717, 1.165) is 6.07 Å². The van der Waals surface area contributed by atoms with Crippen molar-refractivity contribution < 1.29 is 23.8 Å². The van der Waals surface area contributed by atoms with Crippen LogP contribution >= 0.6 is 0 Å². The van der Waals surface area contributed by atoms with Crippen molar-refractivity contribution in [2.24, 2.45) is 5.73 Å². The second kappa shape index (κ2) is 4.07. The Morgan fingerprint density at radius 1 is 1.56 bits per heavy atom. The van der Waals surface area contributed by atoms with Crippen molar-refractivity contribution in [3.05, 3.63) is 29.1 Å². The number of carboxylic acid groups (broad SMARTS) is 1. The molecule has 0 saturated heterocycles. The Morgan fingerprint density at radius 3 is 3.00 bits per heavy atom. The maximum absolute atomic E-state index is 13.4. The van der Waals surface area contributed by atoms with Crippen LogP contribution < -0.4 is 10.5 Å². The smallest absolute Gasteiger partial charge is 0.325 e. The fourth-order valence-corrected chi connectivity index (χ4v) is 1.55. The van der Waals surface area contributed by atoms with Gasteiger partial charge >= 0.3 is 5.97 Å². The molecular formula is C10H10FNO4. The van der Waals surface area contributed by atoms with Gasteiger partial charge in [0.2, 0.25) is 0 Å². The number of hydrogen-bond acceptors (Lipinski definition) is 4. The lowest BCUT2D eigenvalue weighted by Gasteiger charge is -2.22. The van der Waals surface area contributed by atoms with E-state index in [1.54, 1.807) is 0 Å². The van der Waals surface area contributed by atoms with Gasteiger partial charge in [-0.2, -0.15) is 0 Å². The molecule has 1 atom stereocenters. The van der Waals surface area contributed by atoms with Gasteiger partial charge in [-0.05, 0) is 6.07 Å². The van der Waals surface area contributed by atoms with Gasteiger partial charge in [-0.25, -0.2) is 4.39 Å². The third kappa shape index (κ3) is 1.72. The largest absolute Gasteiger partial charge is 0.480 e. The molecule has 0 amide bonds. The third-order valence-corrected chi connectivity index (χ3v) is 2.37. The summed E-state index contributed by atoms with van der Waals surface area (Å²) in [6.45, 7) is 0.0249. The SMILES string of the molecule is NC(C(=O)O)c1ccc(F)c2c1OCOC2. The number of aliphatic carboxylic acids is 1. The Kier molecular flexibility index (Phi) is 2.76. The average Bonchev–Trinajstić information content (AvgIpc) is 2.29. The van der Waals surface area contributed by atoms with Crippen LogP contribution in [0, 0.1) is 5.82 Å². The van der Waals surface area contributed by atoms with Crippen molar-refractivity contribution in [1.29, 1.82) is 0 Å². The number of carboxylic acids is 1. The summed E-state index contributed by atoms with van der Waals surface area (Å²) >= 11 is 0. The van der Waals surface area contributed by atoms with Crippen LogP contribution in [-0.4, -0.2) is 17.9 Å². The summed E-state index contributed by atoms with van der Waals surface area (Å²) in [5, 5.41) is 8.80. The number of ether oxygens (including phenoxy) is 2. The van der Waals surface area contributed by atoms with Gasteiger partial charge < -0.3 is 20.3 Å². The number of fused-ring (bicyclic) bond motifs is 1. The molecule has 0 fully saturated rings. The topological polar surface area (TPSA) is 81.8 Å². The molecule has 1 aliphatic heterocycles. The summed E-state index contributed by atoms with van der Waals surface area (Å²) in [4.78, 5) is 10.8. The van der Waals surface area contributed by atoms with Gasteiger partial charge in [0.15, 0.2) is 6.79 Å². The first-order chi connectivity index (χ1) is 7.61. The van der Waals surface area contributed by atoms with E-state index in [0.29, 0.717) is 0 Å². The van der Waals surface area contributed by atoms with E-state index in [1.165, 1.54) is 6.07 Å². The maximum atomic E-state index is 13.4. The summed E-state index contributed by atoms with van der Waals surface area (Å²) < 4.78 is 23.4. The molecule has 5 nitrogen and oxygen atoms in total. The van der Waals surface area contributed by atoms with Crippen LogP contribution in [0.1, 0.15) is 17.2 Å². The number of hydrogen-bond donors (Lipinski definition) is 2. The van der Waals surface area contributed by atoms with Gasteiger partial charge in [0.1, 0.15) is 17.6 Å². The Bertz CT molecular complexity index is 435. The summed E-state index contributed by atoms with van der Waals surface area (Å²) in [7, 11) is 0. The molecule has 0 radical (unpaired) electrons. The van der Waals surface area contributed by atoms with Gasteiger partial charge in [-0.1, -0.05) is 6.07 Å². The molecule has 1 heterocycles. The van der Waals surface area contributed by atoms with Crippen LogP contribution in [0.3, 0.4) is 0 Å². The van der Waals surface area contributed by atoms with Gasteiger partial charge in [-0.3, -0.25) is 4.79 Å². The van der Waals surface area contributed by atoms with E-state index >= 15 is 0 Å².